The molecule has 3 amide bonds. The normalized spacial score (nSPS) is 15.5. The van der Waals surface area contributed by atoms with Crippen molar-refractivity contribution in [3.8, 4) is 5.75 Å². The maximum absolute atomic E-state index is 12.6. The van der Waals surface area contributed by atoms with Gasteiger partial charge in [0.2, 0.25) is 5.91 Å². The molecule has 0 aliphatic carbocycles. The van der Waals surface area contributed by atoms with Crippen LogP contribution in [0.5, 0.6) is 5.75 Å². The molecule has 0 bridgehead atoms. The summed E-state index contributed by atoms with van der Waals surface area (Å²) >= 11 is 5.94. The van der Waals surface area contributed by atoms with Gasteiger partial charge in [0.1, 0.15) is 5.75 Å². The number of anilines is 1. The molecule has 0 radical (unpaired) electrons. The quantitative estimate of drug-likeness (QED) is 0.562. The third-order valence-electron chi connectivity index (χ3n) is 5.49. The summed E-state index contributed by atoms with van der Waals surface area (Å²) in [4.78, 5) is 49.5. The van der Waals surface area contributed by atoms with Crippen LogP contribution in [-0.2, 0) is 24.5 Å². The summed E-state index contributed by atoms with van der Waals surface area (Å²) in [6, 6.07) is 11.8. The third-order valence-corrected chi connectivity index (χ3v) is 5.72. The average Bonchev–Trinajstić information content (AvgIpc) is 3.17. The van der Waals surface area contributed by atoms with Gasteiger partial charge in [-0.15, -0.1) is 0 Å². The molecule has 10 heteroatoms. The van der Waals surface area contributed by atoms with E-state index in [1.54, 1.807) is 24.3 Å². The van der Waals surface area contributed by atoms with Crippen molar-refractivity contribution in [2.45, 2.75) is 32.6 Å². The SMILES string of the molecule is COc1ccc(Cl)cc1NC(=O)COC(=O)C1CC(=O)N(NC(=O)c2ccc(C(C)(C)C)cc2)C1. The maximum Gasteiger partial charge on any atom is 0.311 e. The van der Waals surface area contributed by atoms with Crippen molar-refractivity contribution in [1.29, 1.82) is 0 Å². The Hall–Kier alpha value is -3.59. The fourth-order valence-electron chi connectivity index (χ4n) is 3.50. The van der Waals surface area contributed by atoms with E-state index < -0.39 is 36.2 Å². The summed E-state index contributed by atoms with van der Waals surface area (Å²) in [6.45, 7) is 5.62. The van der Waals surface area contributed by atoms with E-state index >= 15 is 0 Å². The van der Waals surface area contributed by atoms with Gasteiger partial charge in [0.25, 0.3) is 11.8 Å². The van der Waals surface area contributed by atoms with Gasteiger partial charge in [-0.05, 0) is 41.3 Å². The van der Waals surface area contributed by atoms with Crippen LogP contribution in [0.2, 0.25) is 5.02 Å². The first-order valence-electron chi connectivity index (χ1n) is 11.0. The molecule has 3 rings (SSSR count). The first-order chi connectivity index (χ1) is 16.5. The number of halogens is 1. The van der Waals surface area contributed by atoms with Crippen molar-refractivity contribution in [2.24, 2.45) is 5.92 Å². The molecular weight excluding hydrogens is 474 g/mol. The minimum absolute atomic E-state index is 0.0484. The predicted octanol–water partition coefficient (Wildman–Crippen LogP) is 3.32. The molecule has 35 heavy (non-hydrogen) atoms. The molecule has 0 spiro atoms. The molecule has 2 aromatic carbocycles. The van der Waals surface area contributed by atoms with Crippen LogP contribution >= 0.6 is 11.6 Å². The van der Waals surface area contributed by atoms with E-state index in [1.165, 1.54) is 13.2 Å². The van der Waals surface area contributed by atoms with Crippen LogP contribution in [-0.4, -0.2) is 49.0 Å². The zero-order valence-corrected chi connectivity index (χ0v) is 20.8. The molecule has 1 aliphatic heterocycles. The Kier molecular flexibility index (Phi) is 8.01. The monoisotopic (exact) mass is 501 g/mol. The van der Waals surface area contributed by atoms with Gasteiger partial charge in [0, 0.05) is 17.0 Å². The van der Waals surface area contributed by atoms with Gasteiger partial charge in [-0.2, -0.15) is 0 Å². The minimum atomic E-state index is -0.806. The highest BCUT2D eigenvalue weighted by Crippen LogP contribution is 2.27. The van der Waals surface area contributed by atoms with E-state index in [2.05, 4.69) is 31.5 Å². The highest BCUT2D eigenvalue weighted by Gasteiger charge is 2.36. The Balaban J connectivity index is 1.51. The zero-order chi connectivity index (χ0) is 25.8. The van der Waals surface area contributed by atoms with Gasteiger partial charge in [0.05, 0.1) is 25.3 Å². The molecule has 1 saturated heterocycles. The first kappa shape index (κ1) is 26.0. The number of amides is 3. The Morgan fingerprint density at radius 3 is 2.43 bits per heavy atom. The largest absolute Gasteiger partial charge is 0.495 e. The number of benzene rings is 2. The fraction of sp³-hybridized carbons (Fsp3) is 0.360. The van der Waals surface area contributed by atoms with Gasteiger partial charge in [-0.25, -0.2) is 0 Å². The Morgan fingerprint density at radius 2 is 1.80 bits per heavy atom. The van der Waals surface area contributed by atoms with Crippen molar-refractivity contribution in [3.63, 3.8) is 0 Å². The summed E-state index contributed by atoms with van der Waals surface area (Å²) in [5, 5.41) is 4.06. The molecule has 2 aromatic rings. The number of carbonyl (C=O) groups is 4. The Bertz CT molecular complexity index is 1130. The average molecular weight is 502 g/mol. The lowest BCUT2D eigenvalue weighted by molar-refractivity contribution is -0.151. The number of hydrogen-bond acceptors (Lipinski definition) is 6. The molecule has 0 saturated carbocycles. The van der Waals surface area contributed by atoms with Gasteiger partial charge in [0.15, 0.2) is 6.61 Å². The van der Waals surface area contributed by atoms with Crippen LogP contribution < -0.4 is 15.5 Å². The number of nitrogens with zero attached hydrogens (tertiary/aromatic N) is 1. The molecule has 1 atom stereocenters. The van der Waals surface area contributed by atoms with Gasteiger partial charge >= 0.3 is 5.97 Å². The van der Waals surface area contributed by atoms with Crippen LogP contribution in [0.3, 0.4) is 0 Å². The van der Waals surface area contributed by atoms with E-state index in [0.29, 0.717) is 22.0 Å². The van der Waals surface area contributed by atoms with Crippen LogP contribution in [0.25, 0.3) is 0 Å². The topological polar surface area (TPSA) is 114 Å². The molecule has 2 N–H and O–H groups in total. The standard InChI is InChI=1S/C25H28ClN3O6/c1-25(2,3)17-7-5-15(6-8-17)23(32)28-29-13-16(11-22(29)31)24(33)35-14-21(30)27-19-12-18(26)9-10-20(19)34-4/h5-10,12,16H,11,13-14H2,1-4H3,(H,27,30)(H,28,32). The van der Waals surface area contributed by atoms with Crippen molar-refractivity contribution in [1.82, 2.24) is 10.4 Å². The highest BCUT2D eigenvalue weighted by molar-refractivity contribution is 6.31. The molecule has 186 valence electrons. The van der Waals surface area contributed by atoms with E-state index in [0.717, 1.165) is 10.6 Å². The third kappa shape index (κ3) is 6.73. The summed E-state index contributed by atoms with van der Waals surface area (Å²) in [7, 11) is 1.45. The van der Waals surface area contributed by atoms with Crippen molar-refractivity contribution >= 4 is 41.0 Å². The van der Waals surface area contributed by atoms with Crippen LogP contribution in [0.4, 0.5) is 5.69 Å². The number of rotatable bonds is 7. The molecule has 1 aliphatic rings. The first-order valence-corrected chi connectivity index (χ1v) is 11.4. The number of ether oxygens (including phenoxy) is 2. The van der Waals surface area contributed by atoms with E-state index in [1.807, 2.05) is 12.1 Å². The zero-order valence-electron chi connectivity index (χ0n) is 20.0. The Morgan fingerprint density at radius 1 is 1.11 bits per heavy atom. The van der Waals surface area contributed by atoms with E-state index in [4.69, 9.17) is 21.1 Å². The molecule has 1 heterocycles. The number of methoxy groups -OCH3 is 1. The summed E-state index contributed by atoms with van der Waals surface area (Å²) in [6.07, 6.45) is -0.133. The second-order valence-electron chi connectivity index (χ2n) is 9.17. The highest BCUT2D eigenvalue weighted by atomic mass is 35.5. The van der Waals surface area contributed by atoms with Crippen LogP contribution in [0.15, 0.2) is 42.5 Å². The lowest BCUT2D eigenvalue weighted by atomic mass is 9.87. The number of carbonyl (C=O) groups excluding carboxylic acids is 4. The van der Waals surface area contributed by atoms with Crippen molar-refractivity contribution in [3.05, 3.63) is 58.6 Å². The number of hydrogen-bond donors (Lipinski definition) is 2. The maximum atomic E-state index is 12.6. The minimum Gasteiger partial charge on any atom is -0.495 e. The molecule has 0 aromatic heterocycles. The Labute approximate surface area is 208 Å². The van der Waals surface area contributed by atoms with Gasteiger partial charge < -0.3 is 14.8 Å². The number of esters is 1. The van der Waals surface area contributed by atoms with E-state index in [9.17, 15) is 19.2 Å². The molecule has 1 fully saturated rings. The van der Waals surface area contributed by atoms with Crippen LogP contribution in [0.1, 0.15) is 43.1 Å². The lowest BCUT2D eigenvalue weighted by Gasteiger charge is -2.20. The number of nitrogens with one attached hydrogen (secondary N) is 2. The lowest BCUT2D eigenvalue weighted by Crippen LogP contribution is -2.43. The second-order valence-corrected chi connectivity index (χ2v) is 9.61. The van der Waals surface area contributed by atoms with Crippen LogP contribution in [0, 0.1) is 5.92 Å². The second kappa shape index (κ2) is 10.8. The van der Waals surface area contributed by atoms with Gasteiger partial charge in [-0.3, -0.25) is 29.6 Å². The predicted molar refractivity (Wildman–Crippen MR) is 130 cm³/mol. The number of hydrazine groups is 1. The van der Waals surface area contributed by atoms with E-state index in [-0.39, 0.29) is 18.4 Å². The molecule has 1 unspecified atom stereocenters. The summed E-state index contributed by atoms with van der Waals surface area (Å²) in [5.41, 5.74) is 4.29. The smallest absolute Gasteiger partial charge is 0.311 e. The molecular formula is C25H28ClN3O6. The summed E-state index contributed by atoms with van der Waals surface area (Å²) in [5.74, 6) is -2.58. The van der Waals surface area contributed by atoms with Crippen molar-refractivity contribution in [2.75, 3.05) is 25.6 Å². The summed E-state index contributed by atoms with van der Waals surface area (Å²) < 4.78 is 10.2. The van der Waals surface area contributed by atoms with Crippen molar-refractivity contribution < 1.29 is 28.7 Å². The molecule has 9 nitrogen and oxygen atoms in total. The fourth-order valence-corrected chi connectivity index (χ4v) is 3.67. The van der Waals surface area contributed by atoms with Gasteiger partial charge in [-0.1, -0.05) is 44.5 Å².